The Morgan fingerprint density at radius 1 is 0.909 bits per heavy atom. The Morgan fingerprint density at radius 2 is 1.55 bits per heavy atom. The van der Waals surface area contributed by atoms with Crippen molar-refractivity contribution in [3.05, 3.63) is 48.7 Å². The van der Waals surface area contributed by atoms with Crippen LogP contribution in [0.3, 0.4) is 0 Å². The van der Waals surface area contributed by atoms with Gasteiger partial charge in [-0.2, -0.15) is 0 Å². The van der Waals surface area contributed by atoms with E-state index in [0.29, 0.717) is 11.5 Å². The molecule has 22 heavy (non-hydrogen) atoms. The first-order chi connectivity index (χ1) is 10.7. The lowest BCUT2D eigenvalue weighted by atomic mass is 10.2. The molecule has 0 saturated heterocycles. The normalized spacial score (nSPS) is 10.5. The molecular weight excluding hydrogens is 278 g/mol. The number of benzene rings is 2. The first-order valence-electron chi connectivity index (χ1n) is 6.90. The van der Waals surface area contributed by atoms with Crippen LogP contribution in [0.25, 0.3) is 11.0 Å². The number of fused-ring (bicyclic) bond motifs is 1. The molecule has 0 N–H and O–H groups in total. The zero-order valence-corrected chi connectivity index (χ0v) is 12.8. The SMILES string of the molecule is COc1cc2ncc(N(C)c3ccccc3)nc2cc1OC. The van der Waals surface area contributed by atoms with Gasteiger partial charge in [0.1, 0.15) is 0 Å². The topological polar surface area (TPSA) is 47.5 Å². The van der Waals surface area contributed by atoms with Gasteiger partial charge in [0.2, 0.25) is 0 Å². The molecule has 0 amide bonds. The maximum Gasteiger partial charge on any atom is 0.163 e. The van der Waals surface area contributed by atoms with Gasteiger partial charge in [0.15, 0.2) is 17.3 Å². The zero-order chi connectivity index (χ0) is 15.5. The molecule has 1 aromatic heterocycles. The van der Waals surface area contributed by atoms with Crippen LogP contribution in [0.2, 0.25) is 0 Å². The minimum Gasteiger partial charge on any atom is -0.493 e. The van der Waals surface area contributed by atoms with Gasteiger partial charge in [-0.15, -0.1) is 0 Å². The highest BCUT2D eigenvalue weighted by Gasteiger charge is 2.11. The highest BCUT2D eigenvalue weighted by atomic mass is 16.5. The average molecular weight is 295 g/mol. The number of hydrogen-bond donors (Lipinski definition) is 0. The van der Waals surface area contributed by atoms with E-state index in [1.54, 1.807) is 20.4 Å². The van der Waals surface area contributed by atoms with Gasteiger partial charge in [-0.25, -0.2) is 4.98 Å². The highest BCUT2D eigenvalue weighted by molar-refractivity contribution is 5.80. The molecule has 2 aromatic carbocycles. The molecule has 0 spiro atoms. The molecule has 0 aliphatic heterocycles. The number of ether oxygens (including phenoxy) is 2. The monoisotopic (exact) mass is 295 g/mol. The summed E-state index contributed by atoms with van der Waals surface area (Å²) in [5.41, 5.74) is 2.58. The summed E-state index contributed by atoms with van der Waals surface area (Å²) in [5, 5.41) is 0. The van der Waals surface area contributed by atoms with Crippen molar-refractivity contribution in [2.45, 2.75) is 0 Å². The minimum atomic E-state index is 0.642. The fourth-order valence-electron chi connectivity index (χ4n) is 2.28. The van der Waals surface area contributed by atoms with Crippen molar-refractivity contribution in [2.75, 3.05) is 26.2 Å². The van der Waals surface area contributed by atoms with Crippen molar-refractivity contribution in [3.63, 3.8) is 0 Å². The molecule has 3 aromatic rings. The van der Waals surface area contributed by atoms with E-state index < -0.39 is 0 Å². The molecule has 0 saturated carbocycles. The first kappa shape index (κ1) is 14.1. The molecular formula is C17H17N3O2. The van der Waals surface area contributed by atoms with E-state index in [2.05, 4.69) is 9.97 Å². The molecule has 0 bridgehead atoms. The Balaban J connectivity index is 2.06. The van der Waals surface area contributed by atoms with Crippen LogP contribution in [0.15, 0.2) is 48.7 Å². The molecule has 0 atom stereocenters. The Bertz CT molecular complexity index is 791. The molecule has 5 nitrogen and oxygen atoms in total. The standard InChI is InChI=1S/C17H17N3O2/c1-20(12-7-5-4-6-8-12)17-11-18-13-9-15(21-2)16(22-3)10-14(13)19-17/h4-11H,1-3H3. The molecule has 0 aliphatic rings. The number of nitrogens with zero attached hydrogens (tertiary/aromatic N) is 3. The molecule has 112 valence electrons. The van der Waals surface area contributed by atoms with Gasteiger partial charge in [0, 0.05) is 24.9 Å². The van der Waals surface area contributed by atoms with Crippen molar-refractivity contribution in [1.82, 2.24) is 9.97 Å². The van der Waals surface area contributed by atoms with Crippen molar-refractivity contribution in [3.8, 4) is 11.5 Å². The fourth-order valence-corrected chi connectivity index (χ4v) is 2.28. The van der Waals surface area contributed by atoms with Crippen LogP contribution in [0.1, 0.15) is 0 Å². The Hall–Kier alpha value is -2.82. The minimum absolute atomic E-state index is 0.642. The van der Waals surface area contributed by atoms with E-state index in [-0.39, 0.29) is 0 Å². The van der Waals surface area contributed by atoms with Crippen LogP contribution in [0.5, 0.6) is 11.5 Å². The number of methoxy groups -OCH3 is 2. The lowest BCUT2D eigenvalue weighted by Crippen LogP contribution is -2.11. The maximum atomic E-state index is 5.32. The van der Waals surface area contributed by atoms with Crippen LogP contribution in [-0.4, -0.2) is 31.2 Å². The predicted molar refractivity (Wildman–Crippen MR) is 87.1 cm³/mol. The summed E-state index contributed by atoms with van der Waals surface area (Å²) < 4.78 is 10.6. The van der Waals surface area contributed by atoms with Crippen molar-refractivity contribution >= 4 is 22.5 Å². The second-order valence-electron chi connectivity index (χ2n) is 4.82. The third-order valence-electron chi connectivity index (χ3n) is 3.52. The van der Waals surface area contributed by atoms with E-state index in [4.69, 9.17) is 9.47 Å². The van der Waals surface area contributed by atoms with Crippen molar-refractivity contribution < 1.29 is 9.47 Å². The van der Waals surface area contributed by atoms with Gasteiger partial charge in [0.25, 0.3) is 0 Å². The van der Waals surface area contributed by atoms with Gasteiger partial charge >= 0.3 is 0 Å². The Morgan fingerprint density at radius 3 is 2.18 bits per heavy atom. The van der Waals surface area contributed by atoms with E-state index >= 15 is 0 Å². The summed E-state index contributed by atoms with van der Waals surface area (Å²) in [7, 11) is 5.18. The quantitative estimate of drug-likeness (QED) is 0.738. The van der Waals surface area contributed by atoms with Gasteiger partial charge in [-0.1, -0.05) is 18.2 Å². The lowest BCUT2D eigenvalue weighted by molar-refractivity contribution is 0.355. The third-order valence-corrected chi connectivity index (χ3v) is 3.52. The lowest BCUT2D eigenvalue weighted by Gasteiger charge is -2.18. The molecule has 0 unspecified atom stereocenters. The van der Waals surface area contributed by atoms with Crippen LogP contribution in [0.4, 0.5) is 11.5 Å². The van der Waals surface area contributed by atoms with Gasteiger partial charge < -0.3 is 14.4 Å². The molecule has 0 radical (unpaired) electrons. The highest BCUT2D eigenvalue weighted by Crippen LogP contribution is 2.31. The Labute approximate surface area is 129 Å². The number of rotatable bonds is 4. The van der Waals surface area contributed by atoms with E-state index in [1.165, 1.54) is 0 Å². The summed E-state index contributed by atoms with van der Waals surface area (Å²) in [4.78, 5) is 11.1. The largest absolute Gasteiger partial charge is 0.493 e. The van der Waals surface area contributed by atoms with Crippen LogP contribution < -0.4 is 14.4 Å². The van der Waals surface area contributed by atoms with Gasteiger partial charge in [-0.05, 0) is 12.1 Å². The predicted octanol–water partition coefficient (Wildman–Crippen LogP) is 3.41. The molecule has 0 fully saturated rings. The van der Waals surface area contributed by atoms with E-state index in [0.717, 1.165) is 22.5 Å². The molecule has 5 heteroatoms. The Kier molecular flexibility index (Phi) is 3.78. The summed E-state index contributed by atoms with van der Waals surface area (Å²) in [6.45, 7) is 0. The summed E-state index contributed by atoms with van der Waals surface area (Å²) in [5.74, 6) is 2.06. The smallest absolute Gasteiger partial charge is 0.163 e. The van der Waals surface area contributed by atoms with Gasteiger partial charge in [0.05, 0.1) is 31.4 Å². The van der Waals surface area contributed by atoms with Gasteiger partial charge in [-0.3, -0.25) is 4.98 Å². The van der Waals surface area contributed by atoms with Crippen molar-refractivity contribution in [2.24, 2.45) is 0 Å². The molecule has 3 rings (SSSR count). The van der Waals surface area contributed by atoms with E-state index in [9.17, 15) is 0 Å². The zero-order valence-electron chi connectivity index (χ0n) is 12.8. The second kappa shape index (κ2) is 5.89. The molecule has 1 heterocycles. The maximum absolute atomic E-state index is 5.32. The van der Waals surface area contributed by atoms with Crippen molar-refractivity contribution in [1.29, 1.82) is 0 Å². The summed E-state index contributed by atoms with van der Waals surface area (Å²) in [6.07, 6.45) is 1.75. The van der Waals surface area contributed by atoms with Crippen LogP contribution in [0, 0.1) is 0 Å². The number of hydrogen-bond acceptors (Lipinski definition) is 5. The fraction of sp³-hybridized carbons (Fsp3) is 0.176. The number of para-hydroxylation sites is 1. The number of anilines is 2. The first-order valence-corrected chi connectivity index (χ1v) is 6.90. The molecule has 0 aliphatic carbocycles. The summed E-state index contributed by atoms with van der Waals surface area (Å²) in [6, 6.07) is 13.7. The number of aromatic nitrogens is 2. The second-order valence-corrected chi connectivity index (χ2v) is 4.82. The van der Waals surface area contributed by atoms with E-state index in [1.807, 2.05) is 54.4 Å². The van der Waals surface area contributed by atoms with Crippen LogP contribution in [-0.2, 0) is 0 Å². The third kappa shape index (κ3) is 2.53. The van der Waals surface area contributed by atoms with Crippen LogP contribution >= 0.6 is 0 Å². The summed E-state index contributed by atoms with van der Waals surface area (Å²) >= 11 is 0. The average Bonchev–Trinajstić information content (AvgIpc) is 2.60.